The lowest BCUT2D eigenvalue weighted by Crippen LogP contribution is -2.67. The smallest absolute Gasteiger partial charge is 0.393 e. The first-order valence-corrected chi connectivity index (χ1v) is 8.39. The van der Waals surface area contributed by atoms with Crippen LogP contribution in [0.1, 0.15) is 0 Å². The molecular formula is C18H14F8N4O2. The van der Waals surface area contributed by atoms with Gasteiger partial charge in [0.15, 0.2) is 0 Å². The lowest BCUT2D eigenvalue weighted by atomic mass is 9.97. The summed E-state index contributed by atoms with van der Waals surface area (Å²) in [6.07, 6.45) is 0. The molecule has 0 aliphatic rings. The molecule has 6 nitrogen and oxygen atoms in total. The normalized spacial score (nSPS) is 12.9. The number of nitrogens with two attached hydrogens (primary N) is 2. The molecule has 0 radical (unpaired) electrons. The summed E-state index contributed by atoms with van der Waals surface area (Å²) in [5.74, 6) is -32.8. The van der Waals surface area contributed by atoms with Crippen molar-refractivity contribution in [3.63, 3.8) is 0 Å². The highest BCUT2D eigenvalue weighted by molar-refractivity contribution is 5.99. The Morgan fingerprint density at radius 3 is 1.22 bits per heavy atom. The third kappa shape index (κ3) is 4.24. The predicted molar refractivity (Wildman–Crippen MR) is 98.8 cm³/mol. The molecule has 0 aliphatic heterocycles. The third-order valence-electron chi connectivity index (χ3n) is 4.04. The van der Waals surface area contributed by atoms with Crippen LogP contribution in [0.4, 0.5) is 57.9 Å². The summed E-state index contributed by atoms with van der Waals surface area (Å²) in [5, 5.41) is 2.37. The second-order valence-electron chi connectivity index (χ2n) is 6.46. The number of amides is 2. The van der Waals surface area contributed by atoms with Crippen LogP contribution in [0, 0.1) is 0 Å². The van der Waals surface area contributed by atoms with Gasteiger partial charge in [0.1, 0.15) is 0 Å². The Morgan fingerprint density at radius 1 is 0.625 bits per heavy atom. The lowest BCUT2D eigenvalue weighted by molar-refractivity contribution is -0.345. The van der Waals surface area contributed by atoms with Gasteiger partial charge in [-0.1, -0.05) is 12.1 Å². The van der Waals surface area contributed by atoms with Gasteiger partial charge in [0, 0.05) is 22.7 Å². The Morgan fingerprint density at radius 2 is 0.938 bits per heavy atom. The van der Waals surface area contributed by atoms with Gasteiger partial charge in [-0.3, -0.25) is 9.59 Å². The third-order valence-corrected chi connectivity index (χ3v) is 4.04. The molecule has 0 unspecified atom stereocenters. The average Bonchev–Trinajstić information content (AvgIpc) is 2.67. The van der Waals surface area contributed by atoms with Crippen LogP contribution in [-0.4, -0.2) is 35.5 Å². The first-order valence-electron chi connectivity index (χ1n) is 8.39. The minimum atomic E-state index is -7.00. The Labute approximate surface area is 174 Å². The molecule has 0 spiro atoms. The van der Waals surface area contributed by atoms with E-state index in [4.69, 9.17) is 11.5 Å². The highest BCUT2D eigenvalue weighted by Gasteiger charge is 2.84. The van der Waals surface area contributed by atoms with E-state index in [1.54, 1.807) is 0 Å². The van der Waals surface area contributed by atoms with Crippen LogP contribution in [-0.2, 0) is 9.59 Å². The first-order chi connectivity index (χ1) is 14.5. The van der Waals surface area contributed by atoms with Gasteiger partial charge in [0.05, 0.1) is 0 Å². The van der Waals surface area contributed by atoms with E-state index in [1.807, 2.05) is 0 Å². The molecule has 2 rings (SSSR count). The molecular weight excluding hydrogens is 456 g/mol. The van der Waals surface area contributed by atoms with Crippen molar-refractivity contribution in [3.05, 3.63) is 48.5 Å². The van der Waals surface area contributed by atoms with Gasteiger partial charge >= 0.3 is 35.5 Å². The van der Waals surface area contributed by atoms with Crippen molar-refractivity contribution >= 4 is 34.6 Å². The standard InChI is InChI=1S/C18H14F8N4O2/c19-15(20,13(31)29-11-5-1-3-9(27)7-11)17(23,24)18(25,26)16(21,22)14(32)30-12-6-2-4-10(28)8-12/h1-8H,27-28H2,(H,29,31)(H,30,32). The number of halogens is 8. The van der Waals surface area contributed by atoms with Crippen molar-refractivity contribution in [2.75, 3.05) is 22.1 Å². The van der Waals surface area contributed by atoms with Crippen LogP contribution >= 0.6 is 0 Å². The van der Waals surface area contributed by atoms with E-state index >= 15 is 0 Å². The fourth-order valence-electron chi connectivity index (χ4n) is 2.33. The molecule has 0 saturated carbocycles. The molecule has 0 aliphatic carbocycles. The van der Waals surface area contributed by atoms with Crippen molar-refractivity contribution in [2.24, 2.45) is 0 Å². The van der Waals surface area contributed by atoms with E-state index in [2.05, 4.69) is 0 Å². The maximum atomic E-state index is 14.0. The summed E-state index contributed by atoms with van der Waals surface area (Å²) in [6, 6.07) is 8.07. The maximum absolute atomic E-state index is 14.0. The number of nitrogen functional groups attached to an aromatic ring is 2. The molecule has 0 heterocycles. The highest BCUT2D eigenvalue weighted by atomic mass is 19.4. The summed E-state index contributed by atoms with van der Waals surface area (Å²) >= 11 is 0. The van der Waals surface area contributed by atoms with E-state index in [1.165, 1.54) is 22.8 Å². The minimum Gasteiger partial charge on any atom is -0.399 e. The second-order valence-corrected chi connectivity index (χ2v) is 6.46. The monoisotopic (exact) mass is 470 g/mol. The molecule has 0 atom stereocenters. The van der Waals surface area contributed by atoms with Gasteiger partial charge in [0.2, 0.25) is 0 Å². The van der Waals surface area contributed by atoms with Crippen molar-refractivity contribution in [3.8, 4) is 0 Å². The van der Waals surface area contributed by atoms with E-state index in [0.717, 1.165) is 36.4 Å². The summed E-state index contributed by atoms with van der Waals surface area (Å²) in [5.41, 5.74) is 9.18. The van der Waals surface area contributed by atoms with E-state index in [-0.39, 0.29) is 11.4 Å². The molecule has 2 aromatic carbocycles. The van der Waals surface area contributed by atoms with Gasteiger partial charge < -0.3 is 22.1 Å². The number of benzene rings is 2. The van der Waals surface area contributed by atoms with Crippen LogP contribution in [0.25, 0.3) is 0 Å². The predicted octanol–water partition coefficient (Wildman–Crippen LogP) is 3.97. The van der Waals surface area contributed by atoms with Crippen LogP contribution in [0.2, 0.25) is 0 Å². The van der Waals surface area contributed by atoms with E-state index in [9.17, 15) is 44.7 Å². The van der Waals surface area contributed by atoms with E-state index in [0.29, 0.717) is 0 Å². The van der Waals surface area contributed by atoms with Gasteiger partial charge in [0.25, 0.3) is 0 Å². The number of carbonyl (C=O) groups excluding carboxylic acids is 2. The number of nitrogens with one attached hydrogen (secondary N) is 2. The summed E-state index contributed by atoms with van der Waals surface area (Å²) in [7, 11) is 0. The zero-order chi connectivity index (χ0) is 24.5. The Hall–Kier alpha value is -3.58. The molecule has 14 heteroatoms. The number of hydrogen-bond donors (Lipinski definition) is 4. The minimum absolute atomic E-state index is 0.118. The van der Waals surface area contributed by atoms with E-state index < -0.39 is 46.9 Å². The topological polar surface area (TPSA) is 110 Å². The summed E-state index contributed by atoms with van der Waals surface area (Å²) in [4.78, 5) is 23.2. The number of rotatable bonds is 7. The number of alkyl halides is 8. The molecule has 0 bridgehead atoms. The van der Waals surface area contributed by atoms with Gasteiger partial charge in [-0.05, 0) is 36.4 Å². The van der Waals surface area contributed by atoms with Crippen LogP contribution in [0.3, 0.4) is 0 Å². The van der Waals surface area contributed by atoms with Crippen LogP contribution in [0.5, 0.6) is 0 Å². The Balaban J connectivity index is 2.33. The SMILES string of the molecule is Nc1cccc(NC(=O)C(F)(F)C(F)(F)C(F)(F)C(F)(F)C(=O)Nc2cccc(N)c2)c1. The quantitative estimate of drug-likeness (QED) is 0.363. The second kappa shape index (κ2) is 8.16. The fourth-order valence-corrected chi connectivity index (χ4v) is 2.33. The number of carbonyl (C=O) groups is 2. The molecule has 0 saturated heterocycles. The highest BCUT2D eigenvalue weighted by Crippen LogP contribution is 2.53. The number of hydrogen-bond acceptors (Lipinski definition) is 4. The van der Waals surface area contributed by atoms with Gasteiger partial charge in [-0.25, -0.2) is 0 Å². The largest absolute Gasteiger partial charge is 0.399 e. The summed E-state index contributed by atoms with van der Waals surface area (Å²) in [6.45, 7) is 0. The molecule has 2 aromatic rings. The van der Waals surface area contributed by atoms with Crippen molar-refractivity contribution in [1.29, 1.82) is 0 Å². The lowest BCUT2D eigenvalue weighted by Gasteiger charge is -2.35. The van der Waals surface area contributed by atoms with Crippen LogP contribution < -0.4 is 22.1 Å². The fraction of sp³-hybridized carbons (Fsp3) is 0.222. The molecule has 174 valence electrons. The van der Waals surface area contributed by atoms with Crippen molar-refractivity contribution < 1.29 is 44.7 Å². The molecule has 0 fully saturated rings. The molecule has 32 heavy (non-hydrogen) atoms. The van der Waals surface area contributed by atoms with Crippen LogP contribution in [0.15, 0.2) is 48.5 Å². The molecule has 6 N–H and O–H groups in total. The number of anilines is 4. The first kappa shape index (κ1) is 24.7. The average molecular weight is 470 g/mol. The van der Waals surface area contributed by atoms with Gasteiger partial charge in [-0.2, -0.15) is 35.1 Å². The van der Waals surface area contributed by atoms with Crippen molar-refractivity contribution in [2.45, 2.75) is 23.7 Å². The zero-order valence-corrected chi connectivity index (χ0v) is 15.6. The molecule has 2 amide bonds. The maximum Gasteiger partial charge on any atom is 0.393 e. The van der Waals surface area contributed by atoms with Gasteiger partial charge in [-0.15, -0.1) is 0 Å². The molecule has 0 aromatic heterocycles. The Bertz CT molecular complexity index is 948. The van der Waals surface area contributed by atoms with Crippen molar-refractivity contribution in [1.82, 2.24) is 0 Å². The zero-order valence-electron chi connectivity index (χ0n) is 15.6. The Kier molecular flexibility index (Phi) is 6.30. The summed E-state index contributed by atoms with van der Waals surface area (Å²) < 4.78 is 112.